The molecule has 1 unspecified atom stereocenters. The van der Waals surface area contributed by atoms with Crippen molar-refractivity contribution in [3.05, 3.63) is 76.9 Å². The van der Waals surface area contributed by atoms with Crippen LogP contribution in [0, 0.1) is 0 Å². The summed E-state index contributed by atoms with van der Waals surface area (Å²) in [6.07, 6.45) is 6.22. The largest absolute Gasteiger partial charge is 0.310 e. The van der Waals surface area contributed by atoms with Gasteiger partial charge in [0.25, 0.3) is 5.91 Å². The molecule has 24 heavy (non-hydrogen) atoms. The van der Waals surface area contributed by atoms with E-state index in [-0.39, 0.29) is 0 Å². The van der Waals surface area contributed by atoms with Crippen LogP contribution in [-0.4, -0.2) is 17.7 Å². The lowest BCUT2D eigenvalue weighted by Gasteiger charge is -2.14. The summed E-state index contributed by atoms with van der Waals surface area (Å²) in [5.74, 6) is -0.518. The Bertz CT molecular complexity index is 726. The van der Waals surface area contributed by atoms with Gasteiger partial charge in [0.2, 0.25) is 0 Å². The molecule has 4 heteroatoms. The Labute approximate surface area is 142 Å². The number of hydroxylamine groups is 1. The fourth-order valence-corrected chi connectivity index (χ4v) is 3.20. The molecular formula is C20H22N2O2. The normalized spacial score (nSPS) is 16.3. The van der Waals surface area contributed by atoms with Gasteiger partial charge in [0, 0.05) is 12.1 Å². The molecule has 0 saturated heterocycles. The first-order valence-electron chi connectivity index (χ1n) is 8.28. The van der Waals surface area contributed by atoms with Gasteiger partial charge in [-0.05, 0) is 54.1 Å². The van der Waals surface area contributed by atoms with E-state index >= 15 is 0 Å². The van der Waals surface area contributed by atoms with Crippen molar-refractivity contribution in [1.82, 2.24) is 10.8 Å². The smallest absolute Gasteiger partial charge is 0.267 e. The zero-order chi connectivity index (χ0) is 16.8. The molecule has 0 aliphatic heterocycles. The predicted molar refractivity (Wildman–Crippen MR) is 94.6 cm³/mol. The number of amides is 1. The molecular weight excluding hydrogens is 300 g/mol. The highest BCUT2D eigenvalue weighted by molar-refractivity contribution is 5.90. The van der Waals surface area contributed by atoms with Crippen molar-refractivity contribution in [3.63, 3.8) is 0 Å². The molecule has 124 valence electrons. The van der Waals surface area contributed by atoms with Gasteiger partial charge in [-0.2, -0.15) is 0 Å². The van der Waals surface area contributed by atoms with E-state index in [1.807, 2.05) is 12.1 Å². The first-order valence-corrected chi connectivity index (χ1v) is 8.28. The summed E-state index contributed by atoms with van der Waals surface area (Å²) < 4.78 is 0. The maximum absolute atomic E-state index is 11.0. The van der Waals surface area contributed by atoms with Gasteiger partial charge < -0.3 is 5.32 Å². The SMILES string of the molecule is O=C(C=Cc1ccc2c(c1)CCC2NCCc1ccccc1)NO. The Morgan fingerprint density at radius 1 is 1.21 bits per heavy atom. The lowest BCUT2D eigenvalue weighted by atomic mass is 10.0. The number of rotatable bonds is 6. The molecule has 3 rings (SSSR count). The summed E-state index contributed by atoms with van der Waals surface area (Å²) in [7, 11) is 0. The minimum absolute atomic E-state index is 0.405. The van der Waals surface area contributed by atoms with Crippen molar-refractivity contribution < 1.29 is 10.0 Å². The molecule has 0 radical (unpaired) electrons. The second kappa shape index (κ2) is 7.90. The summed E-state index contributed by atoms with van der Waals surface area (Å²) >= 11 is 0. The third-order valence-electron chi connectivity index (χ3n) is 4.43. The zero-order valence-electron chi connectivity index (χ0n) is 13.5. The highest BCUT2D eigenvalue weighted by Crippen LogP contribution is 2.31. The molecule has 3 N–H and O–H groups in total. The van der Waals surface area contributed by atoms with Gasteiger partial charge in [-0.1, -0.05) is 48.5 Å². The maximum atomic E-state index is 11.0. The number of benzene rings is 2. The Kier molecular flexibility index (Phi) is 5.41. The molecule has 1 amide bonds. The minimum Gasteiger partial charge on any atom is -0.310 e. The highest BCUT2D eigenvalue weighted by Gasteiger charge is 2.21. The van der Waals surface area contributed by atoms with Gasteiger partial charge >= 0.3 is 0 Å². The quantitative estimate of drug-likeness (QED) is 0.435. The Hall–Kier alpha value is -2.43. The van der Waals surface area contributed by atoms with E-state index in [1.165, 1.54) is 22.8 Å². The molecule has 0 aromatic heterocycles. The number of nitrogens with one attached hydrogen (secondary N) is 2. The van der Waals surface area contributed by atoms with Crippen molar-refractivity contribution in [2.24, 2.45) is 0 Å². The standard InChI is InChI=1S/C20H22N2O2/c23-20(22-24)11-7-16-6-9-18-17(14-16)8-10-19(18)21-13-12-15-4-2-1-3-5-15/h1-7,9,11,14,19,21,24H,8,10,12-13H2,(H,22,23). The minimum atomic E-state index is -0.518. The highest BCUT2D eigenvalue weighted by atomic mass is 16.5. The Balaban J connectivity index is 1.58. The lowest BCUT2D eigenvalue weighted by molar-refractivity contribution is -0.124. The predicted octanol–water partition coefficient (Wildman–Crippen LogP) is 3.02. The van der Waals surface area contributed by atoms with Crippen LogP contribution in [0.25, 0.3) is 6.08 Å². The van der Waals surface area contributed by atoms with Crippen molar-refractivity contribution in [2.75, 3.05) is 6.54 Å². The van der Waals surface area contributed by atoms with E-state index in [1.54, 1.807) is 11.6 Å². The van der Waals surface area contributed by atoms with Crippen LogP contribution in [0.3, 0.4) is 0 Å². The number of fused-ring (bicyclic) bond motifs is 1. The van der Waals surface area contributed by atoms with Crippen LogP contribution in [0.1, 0.15) is 34.7 Å². The molecule has 2 aromatic carbocycles. The average molecular weight is 322 g/mol. The fourth-order valence-electron chi connectivity index (χ4n) is 3.20. The number of carbonyl (C=O) groups excluding carboxylic acids is 1. The van der Waals surface area contributed by atoms with Crippen molar-refractivity contribution in [3.8, 4) is 0 Å². The van der Waals surface area contributed by atoms with Crippen LogP contribution < -0.4 is 10.8 Å². The van der Waals surface area contributed by atoms with Gasteiger partial charge in [0.15, 0.2) is 0 Å². The molecule has 2 aromatic rings. The van der Waals surface area contributed by atoms with Gasteiger partial charge in [0.1, 0.15) is 0 Å². The monoisotopic (exact) mass is 322 g/mol. The molecule has 4 nitrogen and oxygen atoms in total. The summed E-state index contributed by atoms with van der Waals surface area (Å²) in [5, 5.41) is 12.2. The Morgan fingerprint density at radius 3 is 2.83 bits per heavy atom. The van der Waals surface area contributed by atoms with E-state index < -0.39 is 5.91 Å². The van der Waals surface area contributed by atoms with E-state index in [2.05, 4.69) is 41.7 Å². The van der Waals surface area contributed by atoms with Crippen molar-refractivity contribution >= 4 is 12.0 Å². The molecule has 1 aliphatic carbocycles. The van der Waals surface area contributed by atoms with Gasteiger partial charge in [-0.15, -0.1) is 0 Å². The van der Waals surface area contributed by atoms with Crippen LogP contribution >= 0.6 is 0 Å². The van der Waals surface area contributed by atoms with Crippen molar-refractivity contribution in [1.29, 1.82) is 0 Å². The van der Waals surface area contributed by atoms with E-state index in [9.17, 15) is 4.79 Å². The number of hydrogen-bond acceptors (Lipinski definition) is 3. The number of carbonyl (C=O) groups is 1. The molecule has 0 spiro atoms. The Morgan fingerprint density at radius 2 is 2.04 bits per heavy atom. The first kappa shape index (κ1) is 16.4. The summed E-state index contributed by atoms with van der Waals surface area (Å²) in [5.41, 5.74) is 6.61. The topological polar surface area (TPSA) is 61.4 Å². The van der Waals surface area contributed by atoms with E-state index in [0.717, 1.165) is 31.4 Å². The van der Waals surface area contributed by atoms with Crippen LogP contribution in [0.2, 0.25) is 0 Å². The van der Waals surface area contributed by atoms with Crippen molar-refractivity contribution in [2.45, 2.75) is 25.3 Å². The van der Waals surface area contributed by atoms with E-state index in [4.69, 9.17) is 5.21 Å². The van der Waals surface area contributed by atoms with Gasteiger partial charge in [-0.25, -0.2) is 5.48 Å². The lowest BCUT2D eigenvalue weighted by Crippen LogP contribution is -2.21. The fraction of sp³-hybridized carbons (Fsp3) is 0.250. The molecule has 0 heterocycles. The van der Waals surface area contributed by atoms with Crippen LogP contribution in [0.5, 0.6) is 0 Å². The third-order valence-corrected chi connectivity index (χ3v) is 4.43. The van der Waals surface area contributed by atoms with Crippen LogP contribution in [-0.2, 0) is 17.6 Å². The summed E-state index contributed by atoms with van der Waals surface area (Å²) in [4.78, 5) is 11.0. The van der Waals surface area contributed by atoms with E-state index in [0.29, 0.717) is 6.04 Å². The van der Waals surface area contributed by atoms with Crippen LogP contribution in [0.15, 0.2) is 54.6 Å². The molecule has 0 saturated carbocycles. The molecule has 1 atom stereocenters. The average Bonchev–Trinajstić information content (AvgIpc) is 3.03. The third kappa shape index (κ3) is 4.10. The second-order valence-corrected chi connectivity index (χ2v) is 6.05. The molecule has 0 fully saturated rings. The van der Waals surface area contributed by atoms with Gasteiger partial charge in [-0.3, -0.25) is 10.0 Å². The number of hydrogen-bond donors (Lipinski definition) is 3. The summed E-state index contributed by atoms with van der Waals surface area (Å²) in [6.45, 7) is 0.965. The zero-order valence-corrected chi connectivity index (χ0v) is 13.5. The van der Waals surface area contributed by atoms with Gasteiger partial charge in [0.05, 0.1) is 0 Å². The second-order valence-electron chi connectivity index (χ2n) is 6.05. The number of aryl methyl sites for hydroxylation is 1. The first-order chi connectivity index (χ1) is 11.8. The summed E-state index contributed by atoms with van der Waals surface area (Å²) in [6, 6.07) is 17.2. The maximum Gasteiger partial charge on any atom is 0.267 e. The molecule has 1 aliphatic rings. The molecule has 0 bridgehead atoms. The van der Waals surface area contributed by atoms with Crippen LogP contribution in [0.4, 0.5) is 0 Å².